The molecule has 1 aromatic carbocycles. The van der Waals surface area contributed by atoms with Crippen molar-refractivity contribution in [2.24, 2.45) is 0 Å². The zero-order valence-electron chi connectivity index (χ0n) is 9.70. The van der Waals surface area contributed by atoms with Crippen molar-refractivity contribution < 1.29 is 9.90 Å². The van der Waals surface area contributed by atoms with Gasteiger partial charge >= 0.3 is 0 Å². The number of hydrogen-bond donors (Lipinski definition) is 1. The van der Waals surface area contributed by atoms with Crippen molar-refractivity contribution in [3.8, 4) is 5.75 Å². The van der Waals surface area contributed by atoms with Crippen molar-refractivity contribution in [2.45, 2.75) is 19.4 Å². The van der Waals surface area contributed by atoms with Crippen LogP contribution in [-0.2, 0) is 0 Å². The molecule has 0 fully saturated rings. The van der Waals surface area contributed by atoms with Crippen LogP contribution in [-0.4, -0.2) is 33.8 Å². The molecule has 3 nitrogen and oxygen atoms in total. The van der Waals surface area contributed by atoms with Crippen LogP contribution < -0.4 is 0 Å². The zero-order chi connectivity index (χ0) is 12.3. The number of phenols is 1. The topological polar surface area (TPSA) is 40.5 Å². The van der Waals surface area contributed by atoms with Crippen LogP contribution in [0.1, 0.15) is 24.2 Å². The highest BCUT2D eigenvalue weighted by Gasteiger charge is 2.27. The zero-order valence-corrected chi connectivity index (χ0v) is 11.3. The smallest absolute Gasteiger partial charge is 0.254 e. The molecule has 0 saturated heterocycles. The lowest BCUT2D eigenvalue weighted by atomic mass is 10.0. The van der Waals surface area contributed by atoms with Gasteiger partial charge < -0.3 is 10.0 Å². The van der Waals surface area contributed by atoms with Gasteiger partial charge in [0.2, 0.25) is 0 Å². The van der Waals surface area contributed by atoms with Crippen molar-refractivity contribution in [1.29, 1.82) is 0 Å². The Hall–Kier alpha value is -1.03. The van der Waals surface area contributed by atoms with E-state index >= 15 is 0 Å². The molecule has 1 amide bonds. The van der Waals surface area contributed by atoms with Crippen molar-refractivity contribution >= 4 is 21.8 Å². The van der Waals surface area contributed by atoms with Gasteiger partial charge in [-0.25, -0.2) is 0 Å². The fourth-order valence-electron chi connectivity index (χ4n) is 1.20. The van der Waals surface area contributed by atoms with E-state index in [0.717, 1.165) is 0 Å². The van der Waals surface area contributed by atoms with Crippen LogP contribution in [0.2, 0.25) is 0 Å². The number of hydrogen-bond acceptors (Lipinski definition) is 2. The minimum atomic E-state index is -0.261. The summed E-state index contributed by atoms with van der Waals surface area (Å²) in [4.78, 5) is 13.8. The van der Waals surface area contributed by atoms with Gasteiger partial charge in [-0.05, 0) is 32.0 Å². The van der Waals surface area contributed by atoms with E-state index in [9.17, 15) is 9.90 Å². The molecule has 0 unspecified atom stereocenters. The summed E-state index contributed by atoms with van der Waals surface area (Å²) in [5.74, 6) is 0.0104. The molecular weight excluding hydrogens is 270 g/mol. The molecule has 0 aromatic heterocycles. The van der Waals surface area contributed by atoms with Gasteiger partial charge in [-0.15, -0.1) is 0 Å². The van der Waals surface area contributed by atoms with Gasteiger partial charge in [0.1, 0.15) is 5.75 Å². The van der Waals surface area contributed by atoms with E-state index in [2.05, 4.69) is 15.9 Å². The highest BCUT2D eigenvalue weighted by atomic mass is 79.9. The fraction of sp³-hybridized carbons (Fsp3) is 0.417. The Kier molecular flexibility index (Phi) is 3.97. The minimum absolute atomic E-state index is 0.0969. The first-order chi connectivity index (χ1) is 7.38. The second-order valence-electron chi connectivity index (χ2n) is 4.36. The van der Waals surface area contributed by atoms with Gasteiger partial charge in [0, 0.05) is 23.5 Å². The van der Waals surface area contributed by atoms with Crippen LogP contribution in [0.5, 0.6) is 5.75 Å². The lowest BCUT2D eigenvalue weighted by Crippen LogP contribution is -2.46. The van der Waals surface area contributed by atoms with E-state index in [0.29, 0.717) is 10.9 Å². The lowest BCUT2D eigenvalue weighted by Gasteiger charge is -2.34. The largest absolute Gasteiger partial charge is 0.508 e. The number of nitrogens with zero attached hydrogens (tertiary/aromatic N) is 1. The Morgan fingerprint density at radius 3 is 2.62 bits per heavy atom. The van der Waals surface area contributed by atoms with Crippen molar-refractivity contribution in [3.05, 3.63) is 29.8 Å². The number of aromatic hydroxyl groups is 1. The summed E-state index contributed by atoms with van der Waals surface area (Å²) in [5, 5.41) is 10.0. The molecule has 0 spiro atoms. The number of carbonyl (C=O) groups is 1. The fourth-order valence-corrected chi connectivity index (χ4v) is 1.57. The first kappa shape index (κ1) is 13.0. The van der Waals surface area contributed by atoms with Crippen molar-refractivity contribution in [3.63, 3.8) is 0 Å². The Bertz CT molecular complexity index is 390. The molecule has 0 bridgehead atoms. The lowest BCUT2D eigenvalue weighted by molar-refractivity contribution is 0.0663. The number of rotatable bonds is 3. The Morgan fingerprint density at radius 1 is 1.50 bits per heavy atom. The predicted octanol–water partition coefficient (Wildman–Crippen LogP) is 2.64. The molecule has 4 heteroatoms. The molecule has 0 aliphatic rings. The van der Waals surface area contributed by atoms with Gasteiger partial charge in [-0.1, -0.05) is 22.0 Å². The average Bonchev–Trinajstić information content (AvgIpc) is 2.27. The number of benzene rings is 1. The third-order valence-electron chi connectivity index (χ3n) is 2.63. The number of halogens is 1. The molecule has 1 N–H and O–H groups in total. The number of carbonyl (C=O) groups excluding carboxylic acids is 1. The standard InChI is InChI=1S/C12H16BrNO2/c1-12(2,8-13)14(3)11(16)9-5-4-6-10(15)7-9/h4-7,15H,8H2,1-3H3. The first-order valence-corrected chi connectivity index (χ1v) is 6.14. The van der Waals surface area contributed by atoms with Crippen LogP contribution in [0.4, 0.5) is 0 Å². The molecular formula is C12H16BrNO2. The Morgan fingerprint density at radius 2 is 2.12 bits per heavy atom. The van der Waals surface area contributed by atoms with Gasteiger partial charge in [0.05, 0.1) is 0 Å². The monoisotopic (exact) mass is 285 g/mol. The molecule has 1 rings (SSSR count). The van der Waals surface area contributed by atoms with Gasteiger partial charge in [-0.3, -0.25) is 4.79 Å². The molecule has 0 saturated carbocycles. The molecule has 0 radical (unpaired) electrons. The maximum atomic E-state index is 12.1. The van der Waals surface area contributed by atoms with E-state index in [1.165, 1.54) is 6.07 Å². The summed E-state index contributed by atoms with van der Waals surface area (Å²) in [6.07, 6.45) is 0. The Labute approximate surface area is 104 Å². The first-order valence-electron chi connectivity index (χ1n) is 5.01. The van der Waals surface area contributed by atoms with E-state index in [1.807, 2.05) is 13.8 Å². The number of phenolic OH excluding ortho intramolecular Hbond substituents is 1. The summed E-state index contributed by atoms with van der Waals surface area (Å²) in [6, 6.07) is 6.38. The normalized spacial score (nSPS) is 11.2. The summed E-state index contributed by atoms with van der Waals surface area (Å²) >= 11 is 3.38. The summed E-state index contributed by atoms with van der Waals surface area (Å²) in [5.41, 5.74) is 0.235. The summed E-state index contributed by atoms with van der Waals surface area (Å²) < 4.78 is 0. The third kappa shape index (κ3) is 2.76. The SMILES string of the molecule is CN(C(=O)c1cccc(O)c1)C(C)(C)CBr. The highest BCUT2D eigenvalue weighted by molar-refractivity contribution is 9.09. The average molecular weight is 286 g/mol. The third-order valence-corrected chi connectivity index (χ3v) is 4.00. The molecule has 0 atom stereocenters. The van der Waals surface area contributed by atoms with E-state index in [4.69, 9.17) is 0 Å². The summed E-state index contributed by atoms with van der Waals surface area (Å²) in [6.45, 7) is 3.95. The van der Waals surface area contributed by atoms with Gasteiger partial charge in [0.25, 0.3) is 5.91 Å². The summed E-state index contributed by atoms with van der Waals surface area (Å²) in [7, 11) is 1.76. The van der Waals surface area contributed by atoms with Gasteiger partial charge in [0.15, 0.2) is 0 Å². The van der Waals surface area contributed by atoms with Crippen molar-refractivity contribution in [2.75, 3.05) is 12.4 Å². The molecule has 16 heavy (non-hydrogen) atoms. The van der Waals surface area contributed by atoms with E-state index in [1.54, 1.807) is 30.1 Å². The second kappa shape index (κ2) is 4.87. The molecule has 0 heterocycles. The second-order valence-corrected chi connectivity index (χ2v) is 4.92. The van der Waals surface area contributed by atoms with E-state index < -0.39 is 0 Å². The van der Waals surface area contributed by atoms with Crippen LogP contribution in [0.3, 0.4) is 0 Å². The molecule has 88 valence electrons. The van der Waals surface area contributed by atoms with Crippen LogP contribution in [0.25, 0.3) is 0 Å². The molecule has 1 aromatic rings. The number of amides is 1. The van der Waals surface area contributed by atoms with Gasteiger partial charge in [-0.2, -0.15) is 0 Å². The van der Waals surface area contributed by atoms with E-state index in [-0.39, 0.29) is 17.2 Å². The van der Waals surface area contributed by atoms with Crippen LogP contribution in [0.15, 0.2) is 24.3 Å². The maximum Gasteiger partial charge on any atom is 0.254 e. The minimum Gasteiger partial charge on any atom is -0.508 e. The predicted molar refractivity (Wildman–Crippen MR) is 68.1 cm³/mol. The highest BCUT2D eigenvalue weighted by Crippen LogP contribution is 2.19. The molecule has 0 aliphatic carbocycles. The van der Waals surface area contributed by atoms with Crippen LogP contribution >= 0.6 is 15.9 Å². The maximum absolute atomic E-state index is 12.1. The van der Waals surface area contributed by atoms with Crippen molar-refractivity contribution in [1.82, 2.24) is 4.90 Å². The Balaban J connectivity index is 2.95. The molecule has 0 aliphatic heterocycles. The van der Waals surface area contributed by atoms with Crippen LogP contribution in [0, 0.1) is 0 Å². The number of alkyl halides is 1. The quantitative estimate of drug-likeness (QED) is 0.868.